The molecule has 1 nitrogen and oxygen atoms in total. The Labute approximate surface area is 45.1 Å². The average molecular weight is 113 g/mol. The first-order chi connectivity index (χ1) is 3.43. The van der Waals surface area contributed by atoms with Gasteiger partial charge in [-0.1, -0.05) is 6.08 Å². The van der Waals surface area contributed by atoms with Crippen molar-refractivity contribution in [2.75, 3.05) is 0 Å². The molecule has 1 unspecified atom stereocenters. The molecule has 0 aromatic heterocycles. The Kier molecular flexibility index (Phi) is 1.32. The Morgan fingerprint density at radius 3 is 2.86 bits per heavy atom. The molecule has 7 heavy (non-hydrogen) atoms. The van der Waals surface area contributed by atoms with Gasteiger partial charge >= 0.3 is 0 Å². The first-order valence-electron chi connectivity index (χ1n) is 1.93. The molecule has 1 aliphatic heterocycles. The zero-order valence-electron chi connectivity index (χ0n) is 3.66. The Morgan fingerprint density at radius 2 is 2.57 bits per heavy atom. The minimum Gasteiger partial charge on any atom is -0.292 e. The Morgan fingerprint density at radius 1 is 1.71 bits per heavy atom. The molecule has 0 aromatic rings. The van der Waals surface area contributed by atoms with E-state index in [1.165, 1.54) is 0 Å². The van der Waals surface area contributed by atoms with E-state index in [9.17, 15) is 4.79 Å². The van der Waals surface area contributed by atoms with Crippen LogP contribution in [-0.2, 0) is 4.79 Å². The Hall–Kier alpha value is -0.500. The van der Waals surface area contributed by atoms with Crippen LogP contribution in [0.5, 0.6) is 0 Å². The zero-order chi connectivity index (χ0) is 5.11. The van der Waals surface area contributed by atoms with Gasteiger partial charge in [0.05, 0.1) is 0 Å². The molecule has 0 amide bonds. The summed E-state index contributed by atoms with van der Waals surface area (Å²) in [6.07, 6.45) is 3.63. The third kappa shape index (κ3) is 0.933. The maximum Gasteiger partial charge on any atom is 0.164 e. The average Bonchev–Trinajstić information content (AvgIpc) is 2.14. The lowest BCUT2D eigenvalue weighted by atomic mass is 10.6. The van der Waals surface area contributed by atoms with Crippen molar-refractivity contribution < 1.29 is 4.79 Å². The molecule has 1 aliphatic rings. The van der Waals surface area contributed by atoms with Gasteiger partial charge in [0.1, 0.15) is 0 Å². The summed E-state index contributed by atoms with van der Waals surface area (Å²) < 4.78 is 0. The lowest BCUT2D eigenvalue weighted by molar-refractivity contribution is 0.570. The minimum absolute atomic E-state index is 0.610. The van der Waals surface area contributed by atoms with E-state index >= 15 is 0 Å². The SMILES string of the molecule is O=C[SH]1[C]=CC=C1. The molecule has 0 saturated carbocycles. The maximum atomic E-state index is 9.90. The molecular formula is C5H5OS. The smallest absolute Gasteiger partial charge is 0.164 e. The molecule has 37 valence electrons. The second kappa shape index (κ2) is 1.98. The molecule has 2 heteroatoms. The summed E-state index contributed by atoms with van der Waals surface area (Å²) in [6, 6.07) is 0. The van der Waals surface area contributed by atoms with Crippen LogP contribution in [0.4, 0.5) is 0 Å². The van der Waals surface area contributed by atoms with Crippen LogP contribution in [0.15, 0.2) is 17.6 Å². The summed E-state index contributed by atoms with van der Waals surface area (Å²) >= 11 is 0. The number of hydrogen-bond acceptors (Lipinski definition) is 1. The van der Waals surface area contributed by atoms with Crippen molar-refractivity contribution in [2.24, 2.45) is 0 Å². The molecule has 0 spiro atoms. The number of carbonyl (C=O) groups excluding carboxylic acids is 1. The van der Waals surface area contributed by atoms with E-state index in [2.05, 4.69) is 5.41 Å². The van der Waals surface area contributed by atoms with Crippen molar-refractivity contribution in [1.29, 1.82) is 0 Å². The van der Waals surface area contributed by atoms with Crippen LogP contribution >= 0.6 is 10.9 Å². The molecule has 0 saturated heterocycles. The Balaban J connectivity index is 2.59. The fraction of sp³-hybridized carbons (Fsp3) is 0. The van der Waals surface area contributed by atoms with Crippen LogP contribution in [0.3, 0.4) is 0 Å². The third-order valence-corrected chi connectivity index (χ3v) is 1.85. The first-order valence-corrected chi connectivity index (χ1v) is 3.41. The lowest BCUT2D eigenvalue weighted by Gasteiger charge is -1.89. The monoisotopic (exact) mass is 113 g/mol. The van der Waals surface area contributed by atoms with Crippen LogP contribution in [0.2, 0.25) is 0 Å². The van der Waals surface area contributed by atoms with Crippen LogP contribution in [-0.4, -0.2) is 5.62 Å². The van der Waals surface area contributed by atoms with E-state index in [1.807, 2.05) is 11.5 Å². The normalized spacial score (nSPS) is 20.9. The number of allylic oxidation sites excluding steroid dienone is 2. The van der Waals surface area contributed by atoms with E-state index in [-0.39, 0.29) is 0 Å². The van der Waals surface area contributed by atoms with Crippen LogP contribution < -0.4 is 0 Å². The van der Waals surface area contributed by atoms with E-state index < -0.39 is 10.9 Å². The van der Waals surface area contributed by atoms with Crippen LogP contribution in [0.1, 0.15) is 0 Å². The molecule has 1 heterocycles. The van der Waals surface area contributed by atoms with Crippen molar-refractivity contribution in [2.45, 2.75) is 0 Å². The van der Waals surface area contributed by atoms with Crippen molar-refractivity contribution >= 4 is 16.5 Å². The molecule has 0 bridgehead atoms. The molecule has 1 radical (unpaired) electrons. The van der Waals surface area contributed by atoms with E-state index in [0.29, 0.717) is 0 Å². The number of carbonyl (C=O) groups is 1. The molecule has 0 N–H and O–H groups in total. The fourth-order valence-corrected chi connectivity index (χ4v) is 1.12. The number of thiol groups is 1. The van der Waals surface area contributed by atoms with Gasteiger partial charge in [-0.2, -0.15) is 0 Å². The summed E-state index contributed by atoms with van der Waals surface area (Å²) in [7, 11) is -0.610. The van der Waals surface area contributed by atoms with Gasteiger partial charge in [0.15, 0.2) is 5.62 Å². The van der Waals surface area contributed by atoms with Crippen molar-refractivity contribution in [3.63, 3.8) is 0 Å². The largest absolute Gasteiger partial charge is 0.292 e. The van der Waals surface area contributed by atoms with Crippen molar-refractivity contribution in [1.82, 2.24) is 0 Å². The van der Waals surface area contributed by atoms with Crippen LogP contribution in [0, 0.1) is 5.41 Å². The van der Waals surface area contributed by atoms with Gasteiger partial charge in [0.2, 0.25) is 0 Å². The standard InChI is InChI=1S/C5H5OS/c6-5-7-3-1-2-4-7/h1-3,5,7H. The van der Waals surface area contributed by atoms with Gasteiger partial charge in [0, 0.05) is 5.41 Å². The quantitative estimate of drug-likeness (QED) is 0.397. The van der Waals surface area contributed by atoms with Gasteiger partial charge in [0.25, 0.3) is 0 Å². The molecule has 1 atom stereocenters. The van der Waals surface area contributed by atoms with Gasteiger partial charge < -0.3 is 0 Å². The highest BCUT2D eigenvalue weighted by Gasteiger charge is 1.92. The lowest BCUT2D eigenvalue weighted by Crippen LogP contribution is -1.62. The predicted molar refractivity (Wildman–Crippen MR) is 32.7 cm³/mol. The highest BCUT2D eigenvalue weighted by molar-refractivity contribution is 8.32. The van der Waals surface area contributed by atoms with E-state index in [0.717, 1.165) is 5.62 Å². The molecule has 1 rings (SSSR count). The highest BCUT2D eigenvalue weighted by Crippen LogP contribution is 2.26. The summed E-state index contributed by atoms with van der Waals surface area (Å²) in [5.74, 6) is 0. The maximum absolute atomic E-state index is 9.90. The summed E-state index contributed by atoms with van der Waals surface area (Å²) in [5.41, 5.74) is 0.926. The third-order valence-electron chi connectivity index (χ3n) is 0.680. The van der Waals surface area contributed by atoms with Gasteiger partial charge in [-0.25, -0.2) is 0 Å². The Bertz CT molecular complexity index is 114. The van der Waals surface area contributed by atoms with E-state index in [4.69, 9.17) is 0 Å². The van der Waals surface area contributed by atoms with Gasteiger partial charge in [-0.15, -0.1) is 10.9 Å². The number of hydrogen-bond donors (Lipinski definition) is 1. The van der Waals surface area contributed by atoms with Crippen LogP contribution in [0.25, 0.3) is 0 Å². The summed E-state index contributed by atoms with van der Waals surface area (Å²) in [6.45, 7) is 0. The van der Waals surface area contributed by atoms with E-state index in [1.54, 1.807) is 6.08 Å². The molecule has 0 aliphatic carbocycles. The zero-order valence-corrected chi connectivity index (χ0v) is 4.56. The van der Waals surface area contributed by atoms with Crippen molar-refractivity contribution in [3.05, 3.63) is 23.0 Å². The second-order valence-electron chi connectivity index (χ2n) is 1.15. The first kappa shape index (κ1) is 4.65. The fourth-order valence-electron chi connectivity index (χ4n) is 0.373. The molecular weight excluding hydrogens is 108 g/mol. The van der Waals surface area contributed by atoms with Crippen molar-refractivity contribution in [3.8, 4) is 0 Å². The summed E-state index contributed by atoms with van der Waals surface area (Å²) in [4.78, 5) is 9.90. The molecule has 0 fully saturated rings. The van der Waals surface area contributed by atoms with Gasteiger partial charge in [-0.05, 0) is 11.5 Å². The summed E-state index contributed by atoms with van der Waals surface area (Å²) in [5, 5.41) is 4.73. The van der Waals surface area contributed by atoms with Gasteiger partial charge in [-0.3, -0.25) is 4.79 Å². The molecule has 0 aromatic carbocycles. The second-order valence-corrected chi connectivity index (χ2v) is 2.73. The minimum atomic E-state index is -0.610. The highest BCUT2D eigenvalue weighted by atomic mass is 32.2. The predicted octanol–water partition coefficient (Wildman–Crippen LogP) is 1.02. The number of rotatable bonds is 1. The topological polar surface area (TPSA) is 17.1 Å².